The fourth-order valence-corrected chi connectivity index (χ4v) is 3.42. The van der Waals surface area contributed by atoms with Gasteiger partial charge in [0.05, 0.1) is 11.3 Å². The van der Waals surface area contributed by atoms with Crippen molar-refractivity contribution >= 4 is 22.4 Å². The molecule has 2 aromatic carbocycles. The van der Waals surface area contributed by atoms with E-state index in [1.165, 1.54) is 16.9 Å². The van der Waals surface area contributed by atoms with E-state index in [1.54, 1.807) is 17.1 Å². The Bertz CT molecular complexity index is 1080. The summed E-state index contributed by atoms with van der Waals surface area (Å²) in [6, 6.07) is 17.7. The summed E-state index contributed by atoms with van der Waals surface area (Å²) < 4.78 is 1.74. The van der Waals surface area contributed by atoms with Crippen molar-refractivity contribution in [1.82, 2.24) is 14.8 Å². The maximum absolute atomic E-state index is 12.9. The summed E-state index contributed by atoms with van der Waals surface area (Å²) in [5.41, 5.74) is 4.12. The second-order valence-electron chi connectivity index (χ2n) is 6.27. The Morgan fingerprint density at radius 3 is 2.44 bits per heavy atom. The van der Waals surface area contributed by atoms with Crippen LogP contribution in [0.2, 0.25) is 0 Å². The molecule has 0 atom stereocenters. The fourth-order valence-electron chi connectivity index (χ4n) is 2.76. The normalized spacial score (nSPS) is 10.7. The number of amides is 1. The first-order chi connectivity index (χ1) is 13.1. The van der Waals surface area contributed by atoms with Crippen LogP contribution in [0.1, 0.15) is 20.8 Å². The standard InChI is InChI=1S/C21H18N4OS/c1-14-8-10-17(11-9-14)25-13-18(19(24-25)16-6-4-3-5-7-16)20(26)23-21-22-12-15(2)27-21/h3-13H,1-2H3,(H,22,23,26). The molecule has 0 saturated carbocycles. The summed E-state index contributed by atoms with van der Waals surface area (Å²) in [6.45, 7) is 4.00. The van der Waals surface area contributed by atoms with Crippen molar-refractivity contribution in [2.24, 2.45) is 0 Å². The first-order valence-electron chi connectivity index (χ1n) is 8.56. The molecule has 0 radical (unpaired) electrons. The molecule has 0 bridgehead atoms. The summed E-state index contributed by atoms with van der Waals surface area (Å²) in [6.07, 6.45) is 3.51. The van der Waals surface area contributed by atoms with Crippen LogP contribution in [0, 0.1) is 13.8 Å². The predicted octanol–water partition coefficient (Wildman–Crippen LogP) is 4.86. The lowest BCUT2D eigenvalue weighted by Crippen LogP contribution is -2.12. The summed E-state index contributed by atoms with van der Waals surface area (Å²) in [7, 11) is 0. The molecule has 2 heterocycles. The van der Waals surface area contributed by atoms with Gasteiger partial charge in [0.25, 0.3) is 5.91 Å². The zero-order valence-electron chi connectivity index (χ0n) is 15.0. The Morgan fingerprint density at radius 1 is 1.04 bits per heavy atom. The van der Waals surface area contributed by atoms with E-state index in [4.69, 9.17) is 0 Å². The number of nitrogens with zero attached hydrogens (tertiary/aromatic N) is 3. The van der Waals surface area contributed by atoms with Crippen molar-refractivity contribution in [3.05, 3.63) is 83.0 Å². The van der Waals surface area contributed by atoms with Gasteiger partial charge < -0.3 is 0 Å². The molecule has 4 aromatic rings. The summed E-state index contributed by atoms with van der Waals surface area (Å²) in [5.74, 6) is -0.221. The Labute approximate surface area is 161 Å². The minimum atomic E-state index is -0.221. The van der Waals surface area contributed by atoms with Crippen LogP contribution in [0.3, 0.4) is 0 Å². The number of benzene rings is 2. The molecule has 0 saturated heterocycles. The van der Waals surface area contributed by atoms with E-state index >= 15 is 0 Å². The van der Waals surface area contributed by atoms with Gasteiger partial charge in [-0.3, -0.25) is 10.1 Å². The van der Waals surface area contributed by atoms with Gasteiger partial charge in [-0.2, -0.15) is 5.10 Å². The number of aromatic nitrogens is 3. The van der Waals surface area contributed by atoms with Crippen LogP contribution in [0.15, 0.2) is 67.0 Å². The van der Waals surface area contributed by atoms with Gasteiger partial charge in [0.2, 0.25) is 0 Å². The van der Waals surface area contributed by atoms with Crippen LogP contribution in [0.25, 0.3) is 16.9 Å². The average Bonchev–Trinajstić information content (AvgIpc) is 3.30. The number of carbonyl (C=O) groups is 1. The van der Waals surface area contributed by atoms with E-state index in [1.807, 2.05) is 68.4 Å². The molecule has 6 heteroatoms. The van der Waals surface area contributed by atoms with Crippen molar-refractivity contribution in [3.63, 3.8) is 0 Å². The number of hydrogen-bond donors (Lipinski definition) is 1. The maximum Gasteiger partial charge on any atom is 0.261 e. The molecule has 0 aliphatic rings. The molecule has 0 unspecified atom stereocenters. The number of rotatable bonds is 4. The van der Waals surface area contributed by atoms with Gasteiger partial charge >= 0.3 is 0 Å². The van der Waals surface area contributed by atoms with Crippen molar-refractivity contribution in [2.75, 3.05) is 5.32 Å². The van der Waals surface area contributed by atoms with Gasteiger partial charge in [0.15, 0.2) is 5.13 Å². The summed E-state index contributed by atoms with van der Waals surface area (Å²) >= 11 is 1.45. The Hall–Kier alpha value is -3.25. The SMILES string of the molecule is Cc1ccc(-n2cc(C(=O)Nc3ncc(C)s3)c(-c3ccccc3)n2)cc1. The van der Waals surface area contributed by atoms with Gasteiger partial charge in [0.1, 0.15) is 5.69 Å². The number of carbonyl (C=O) groups excluding carboxylic acids is 1. The molecule has 5 nitrogen and oxygen atoms in total. The number of aryl methyl sites for hydroxylation is 2. The highest BCUT2D eigenvalue weighted by Gasteiger charge is 2.19. The van der Waals surface area contributed by atoms with Crippen LogP contribution < -0.4 is 5.32 Å². The average molecular weight is 374 g/mol. The molecule has 0 aliphatic heterocycles. The lowest BCUT2D eigenvalue weighted by molar-refractivity contribution is 0.102. The highest BCUT2D eigenvalue weighted by molar-refractivity contribution is 7.15. The molecule has 0 fully saturated rings. The van der Waals surface area contributed by atoms with Crippen molar-refractivity contribution in [1.29, 1.82) is 0 Å². The molecule has 1 N–H and O–H groups in total. The number of nitrogens with one attached hydrogen (secondary N) is 1. The van der Waals surface area contributed by atoms with Crippen molar-refractivity contribution in [2.45, 2.75) is 13.8 Å². The highest BCUT2D eigenvalue weighted by atomic mass is 32.1. The van der Waals surface area contributed by atoms with E-state index in [-0.39, 0.29) is 5.91 Å². The largest absolute Gasteiger partial charge is 0.298 e. The first-order valence-corrected chi connectivity index (χ1v) is 9.38. The van der Waals surface area contributed by atoms with E-state index < -0.39 is 0 Å². The highest BCUT2D eigenvalue weighted by Crippen LogP contribution is 2.25. The van der Waals surface area contributed by atoms with Gasteiger partial charge in [-0.05, 0) is 26.0 Å². The van der Waals surface area contributed by atoms with Crippen LogP contribution in [0.4, 0.5) is 5.13 Å². The fraction of sp³-hybridized carbons (Fsp3) is 0.0952. The number of anilines is 1. The molecule has 0 spiro atoms. The second-order valence-corrected chi connectivity index (χ2v) is 7.50. The summed E-state index contributed by atoms with van der Waals surface area (Å²) in [4.78, 5) is 18.2. The number of hydrogen-bond acceptors (Lipinski definition) is 4. The van der Waals surface area contributed by atoms with E-state index in [2.05, 4.69) is 15.4 Å². The lowest BCUT2D eigenvalue weighted by atomic mass is 10.1. The number of thiazole rings is 1. The smallest absolute Gasteiger partial charge is 0.261 e. The van der Waals surface area contributed by atoms with Crippen molar-refractivity contribution < 1.29 is 4.79 Å². The Morgan fingerprint density at radius 2 is 1.78 bits per heavy atom. The lowest BCUT2D eigenvalue weighted by Gasteiger charge is -2.02. The predicted molar refractivity (Wildman–Crippen MR) is 109 cm³/mol. The molecule has 4 rings (SSSR count). The monoisotopic (exact) mass is 374 g/mol. The molecule has 27 heavy (non-hydrogen) atoms. The zero-order chi connectivity index (χ0) is 18.8. The van der Waals surface area contributed by atoms with E-state index in [0.717, 1.165) is 16.1 Å². The van der Waals surface area contributed by atoms with Crippen LogP contribution in [-0.2, 0) is 0 Å². The molecular weight excluding hydrogens is 356 g/mol. The third-order valence-corrected chi connectivity index (χ3v) is 4.97. The molecule has 2 aromatic heterocycles. The maximum atomic E-state index is 12.9. The minimum absolute atomic E-state index is 0.221. The zero-order valence-corrected chi connectivity index (χ0v) is 15.8. The molecule has 1 amide bonds. The second kappa shape index (κ2) is 7.17. The topological polar surface area (TPSA) is 59.8 Å². The first kappa shape index (κ1) is 17.2. The van der Waals surface area contributed by atoms with Gasteiger partial charge in [-0.15, -0.1) is 11.3 Å². The van der Waals surface area contributed by atoms with Crippen LogP contribution in [0.5, 0.6) is 0 Å². The van der Waals surface area contributed by atoms with Gasteiger partial charge in [0, 0.05) is 22.8 Å². The molecular formula is C21H18N4OS. The van der Waals surface area contributed by atoms with Crippen LogP contribution in [-0.4, -0.2) is 20.7 Å². The van der Waals surface area contributed by atoms with E-state index in [0.29, 0.717) is 16.4 Å². The third-order valence-electron chi connectivity index (χ3n) is 4.15. The van der Waals surface area contributed by atoms with Gasteiger partial charge in [-0.25, -0.2) is 9.67 Å². The Kier molecular flexibility index (Phi) is 4.56. The quantitative estimate of drug-likeness (QED) is 0.555. The van der Waals surface area contributed by atoms with Crippen LogP contribution >= 0.6 is 11.3 Å². The molecule has 134 valence electrons. The van der Waals surface area contributed by atoms with Gasteiger partial charge in [-0.1, -0.05) is 48.0 Å². The Balaban J connectivity index is 1.76. The van der Waals surface area contributed by atoms with Crippen molar-refractivity contribution in [3.8, 4) is 16.9 Å². The van der Waals surface area contributed by atoms with E-state index in [9.17, 15) is 4.79 Å². The third kappa shape index (κ3) is 3.66. The molecule has 0 aliphatic carbocycles. The summed E-state index contributed by atoms with van der Waals surface area (Å²) in [5, 5.41) is 8.15. The minimum Gasteiger partial charge on any atom is -0.298 e.